The van der Waals surface area contributed by atoms with Crippen molar-refractivity contribution in [2.24, 2.45) is 0 Å². The summed E-state index contributed by atoms with van der Waals surface area (Å²) in [6.45, 7) is 3.80. The number of carbonyl (C=O) groups is 1. The van der Waals surface area contributed by atoms with Crippen LogP contribution in [0.4, 0.5) is 0 Å². The largest absolute Gasteiger partial charge is 0.506 e. The maximum absolute atomic E-state index is 11.9. The van der Waals surface area contributed by atoms with E-state index < -0.39 is 5.97 Å². The van der Waals surface area contributed by atoms with Gasteiger partial charge in [-0.3, -0.25) is 14.2 Å². The van der Waals surface area contributed by atoms with Crippen molar-refractivity contribution in [1.82, 2.24) is 4.57 Å². The van der Waals surface area contributed by atoms with Crippen LogP contribution in [0.25, 0.3) is 10.2 Å². The highest BCUT2D eigenvalue weighted by Gasteiger charge is 2.12. The lowest BCUT2D eigenvalue weighted by Gasteiger charge is -2.04. The fourth-order valence-electron chi connectivity index (χ4n) is 1.71. The smallest absolute Gasteiger partial charge is 0.308 e. The van der Waals surface area contributed by atoms with E-state index in [2.05, 4.69) is 6.58 Å². The van der Waals surface area contributed by atoms with Gasteiger partial charge in [-0.1, -0.05) is 35.6 Å². The Morgan fingerprint density at radius 1 is 1.55 bits per heavy atom. The molecule has 5 nitrogen and oxygen atoms in total. The number of hydrogen-bond donors (Lipinski definition) is 1. The first-order chi connectivity index (χ1) is 9.52. The molecule has 0 bridgehead atoms. The summed E-state index contributed by atoms with van der Waals surface area (Å²) >= 11 is 6.83. The first kappa shape index (κ1) is 14.6. The topological polar surface area (TPSA) is 68.5 Å². The third kappa shape index (κ3) is 3.02. The van der Waals surface area contributed by atoms with E-state index in [1.165, 1.54) is 22.8 Å². The number of benzene rings is 1. The molecule has 20 heavy (non-hydrogen) atoms. The Morgan fingerprint density at radius 3 is 3.00 bits per heavy atom. The monoisotopic (exact) mass is 313 g/mol. The fraction of sp³-hybridized carbons (Fsp3) is 0.231. The van der Waals surface area contributed by atoms with Gasteiger partial charge in [-0.05, 0) is 6.07 Å². The van der Waals surface area contributed by atoms with Crippen LogP contribution in [0.1, 0.15) is 6.42 Å². The number of aromatic hydroxyl groups is 1. The molecule has 0 saturated carbocycles. The van der Waals surface area contributed by atoms with Gasteiger partial charge in [0.2, 0.25) is 0 Å². The summed E-state index contributed by atoms with van der Waals surface area (Å²) in [4.78, 5) is 23.1. The number of fused-ring (bicyclic) bond motifs is 1. The number of aromatic nitrogens is 1. The lowest BCUT2D eigenvalue weighted by Crippen LogP contribution is -2.16. The second-order valence-electron chi connectivity index (χ2n) is 4.01. The molecule has 0 unspecified atom stereocenters. The molecule has 0 amide bonds. The van der Waals surface area contributed by atoms with Gasteiger partial charge in [0.25, 0.3) is 0 Å². The number of carbonyl (C=O) groups excluding carboxylic acids is 1. The third-order valence-corrected chi connectivity index (χ3v) is 3.88. The maximum Gasteiger partial charge on any atom is 0.308 e. The standard InChI is InChI=1S/C13H12ClNO4S/c1-2-5-19-12(17)3-4-15-9-6-8(14)10(16)7-11(9)20-13(15)18/h2,6-7,16H,1,3-5H2. The average Bonchev–Trinajstić information content (AvgIpc) is 2.70. The molecular formula is C13H12ClNO4S. The molecule has 0 aliphatic carbocycles. The van der Waals surface area contributed by atoms with Gasteiger partial charge in [0.05, 0.1) is 21.7 Å². The number of esters is 1. The Balaban J connectivity index is 2.24. The second-order valence-corrected chi connectivity index (χ2v) is 5.41. The minimum atomic E-state index is -0.402. The zero-order valence-electron chi connectivity index (χ0n) is 10.5. The lowest BCUT2D eigenvalue weighted by atomic mass is 10.3. The van der Waals surface area contributed by atoms with Crippen LogP contribution in [-0.4, -0.2) is 22.2 Å². The van der Waals surface area contributed by atoms with E-state index in [0.717, 1.165) is 11.3 Å². The summed E-state index contributed by atoms with van der Waals surface area (Å²) in [6, 6.07) is 2.95. The van der Waals surface area contributed by atoms with Crippen LogP contribution in [0.5, 0.6) is 5.75 Å². The van der Waals surface area contributed by atoms with Crippen molar-refractivity contribution in [1.29, 1.82) is 0 Å². The molecule has 0 spiro atoms. The molecule has 106 valence electrons. The van der Waals surface area contributed by atoms with Gasteiger partial charge >= 0.3 is 10.8 Å². The summed E-state index contributed by atoms with van der Waals surface area (Å²) in [5.41, 5.74) is 0.597. The van der Waals surface area contributed by atoms with Crippen molar-refractivity contribution >= 4 is 39.1 Å². The van der Waals surface area contributed by atoms with Crippen molar-refractivity contribution in [3.63, 3.8) is 0 Å². The minimum absolute atomic E-state index is 0.0713. The van der Waals surface area contributed by atoms with Gasteiger partial charge in [0.1, 0.15) is 12.4 Å². The Hall–Kier alpha value is -1.79. The van der Waals surface area contributed by atoms with E-state index in [0.29, 0.717) is 10.2 Å². The SMILES string of the molecule is C=CCOC(=O)CCn1c(=O)sc2cc(O)c(Cl)cc21. The van der Waals surface area contributed by atoms with Gasteiger partial charge in [0.15, 0.2) is 0 Å². The summed E-state index contributed by atoms with van der Waals surface area (Å²) in [6.07, 6.45) is 1.56. The molecule has 1 heterocycles. The number of ether oxygens (including phenoxy) is 1. The summed E-state index contributed by atoms with van der Waals surface area (Å²) in [5, 5.41) is 9.68. The average molecular weight is 314 g/mol. The predicted octanol–water partition coefficient (Wildman–Crippen LogP) is 2.54. The number of hydrogen-bond acceptors (Lipinski definition) is 5. The molecule has 1 aromatic heterocycles. The Morgan fingerprint density at radius 2 is 2.30 bits per heavy atom. The predicted molar refractivity (Wildman–Crippen MR) is 78.5 cm³/mol. The van der Waals surface area contributed by atoms with E-state index in [1.807, 2.05) is 0 Å². The molecule has 0 fully saturated rings. The van der Waals surface area contributed by atoms with E-state index >= 15 is 0 Å². The molecule has 2 aromatic rings. The maximum atomic E-state index is 11.9. The number of nitrogens with zero attached hydrogens (tertiary/aromatic N) is 1. The first-order valence-electron chi connectivity index (χ1n) is 5.81. The number of aryl methyl sites for hydroxylation is 1. The number of rotatable bonds is 5. The van der Waals surface area contributed by atoms with E-state index in [-0.39, 0.29) is 35.2 Å². The van der Waals surface area contributed by atoms with Crippen LogP contribution in [0, 0.1) is 0 Å². The van der Waals surface area contributed by atoms with Crippen molar-refractivity contribution in [3.05, 3.63) is 39.5 Å². The van der Waals surface area contributed by atoms with Crippen molar-refractivity contribution in [2.75, 3.05) is 6.61 Å². The van der Waals surface area contributed by atoms with Gasteiger partial charge in [-0.25, -0.2) is 0 Å². The molecule has 0 aliphatic heterocycles. The third-order valence-electron chi connectivity index (χ3n) is 2.64. The highest BCUT2D eigenvalue weighted by atomic mass is 35.5. The summed E-state index contributed by atoms with van der Waals surface area (Å²) in [7, 11) is 0. The first-order valence-corrected chi connectivity index (χ1v) is 7.00. The molecule has 7 heteroatoms. The molecule has 0 atom stereocenters. The molecule has 0 saturated heterocycles. The Kier molecular flexibility index (Phi) is 4.46. The summed E-state index contributed by atoms with van der Waals surface area (Å²) < 4.78 is 6.92. The second kappa shape index (κ2) is 6.11. The van der Waals surface area contributed by atoms with Crippen LogP contribution >= 0.6 is 22.9 Å². The number of phenolic OH excluding ortho intramolecular Hbond substituents is 1. The highest BCUT2D eigenvalue weighted by Crippen LogP contribution is 2.30. The zero-order chi connectivity index (χ0) is 14.7. The van der Waals surface area contributed by atoms with E-state index in [1.54, 1.807) is 0 Å². The van der Waals surface area contributed by atoms with Crippen molar-refractivity contribution < 1.29 is 14.6 Å². The molecule has 0 radical (unpaired) electrons. The zero-order valence-corrected chi connectivity index (χ0v) is 12.0. The fourth-order valence-corrected chi connectivity index (χ4v) is 2.80. The number of phenols is 1. The Bertz CT molecular complexity index is 719. The highest BCUT2D eigenvalue weighted by molar-refractivity contribution is 7.16. The quantitative estimate of drug-likeness (QED) is 0.680. The minimum Gasteiger partial charge on any atom is -0.506 e. The molecule has 1 N–H and O–H groups in total. The normalized spacial score (nSPS) is 10.7. The van der Waals surface area contributed by atoms with Gasteiger partial charge in [0, 0.05) is 12.6 Å². The molecular weight excluding hydrogens is 302 g/mol. The number of thiazole rings is 1. The van der Waals surface area contributed by atoms with Crippen molar-refractivity contribution in [3.8, 4) is 5.75 Å². The van der Waals surface area contributed by atoms with Gasteiger partial charge < -0.3 is 9.84 Å². The van der Waals surface area contributed by atoms with Crippen LogP contribution in [0.3, 0.4) is 0 Å². The molecule has 2 rings (SSSR count). The molecule has 0 aliphatic rings. The lowest BCUT2D eigenvalue weighted by molar-refractivity contribution is -0.142. The van der Waals surface area contributed by atoms with Gasteiger partial charge in [-0.15, -0.1) is 0 Å². The molecule has 1 aromatic carbocycles. The van der Waals surface area contributed by atoms with Crippen LogP contribution in [0.15, 0.2) is 29.6 Å². The van der Waals surface area contributed by atoms with Crippen molar-refractivity contribution in [2.45, 2.75) is 13.0 Å². The summed E-state index contributed by atoms with van der Waals surface area (Å²) in [5.74, 6) is -0.473. The van der Waals surface area contributed by atoms with E-state index in [9.17, 15) is 14.7 Å². The van der Waals surface area contributed by atoms with Crippen LogP contribution in [0.2, 0.25) is 5.02 Å². The van der Waals surface area contributed by atoms with E-state index in [4.69, 9.17) is 16.3 Å². The van der Waals surface area contributed by atoms with Crippen LogP contribution in [-0.2, 0) is 16.1 Å². The Labute approximate surface area is 123 Å². The number of halogens is 1. The van der Waals surface area contributed by atoms with Gasteiger partial charge in [-0.2, -0.15) is 0 Å². The van der Waals surface area contributed by atoms with Crippen LogP contribution < -0.4 is 4.87 Å².